The Morgan fingerprint density at radius 3 is 2.94 bits per heavy atom. The van der Waals surface area contributed by atoms with Gasteiger partial charge in [0.05, 0.1) is 12.2 Å². The van der Waals surface area contributed by atoms with Gasteiger partial charge < -0.3 is 9.84 Å². The smallest absolute Gasteiger partial charge is 0.335 e. The van der Waals surface area contributed by atoms with E-state index in [0.717, 1.165) is 6.42 Å². The highest BCUT2D eigenvalue weighted by Gasteiger charge is 2.33. The Labute approximate surface area is 98.2 Å². The maximum Gasteiger partial charge on any atom is 0.335 e. The number of hydrogen-bond acceptors (Lipinski definition) is 3. The molecule has 0 bridgehead atoms. The number of rotatable bonds is 4. The molecule has 86 valence electrons. The standard InChI is InChI=1S/C11H12ClNO3/c1-6-2-8(6)5-16-10-4-7(11(14)15)3-9(12)13-10/h3-4,6,8H,2,5H2,1H3,(H,14,15). The van der Waals surface area contributed by atoms with Crippen molar-refractivity contribution in [2.45, 2.75) is 13.3 Å². The summed E-state index contributed by atoms with van der Waals surface area (Å²) in [5.41, 5.74) is 0.0962. The van der Waals surface area contributed by atoms with Crippen LogP contribution in [0.25, 0.3) is 0 Å². The van der Waals surface area contributed by atoms with Crippen LogP contribution in [0.3, 0.4) is 0 Å². The normalized spacial score (nSPS) is 22.9. The molecule has 4 nitrogen and oxygen atoms in total. The van der Waals surface area contributed by atoms with Crippen molar-refractivity contribution < 1.29 is 14.6 Å². The largest absolute Gasteiger partial charge is 0.478 e. The second kappa shape index (κ2) is 4.29. The zero-order valence-corrected chi connectivity index (χ0v) is 9.57. The molecule has 1 fully saturated rings. The van der Waals surface area contributed by atoms with Crippen molar-refractivity contribution in [2.24, 2.45) is 11.8 Å². The van der Waals surface area contributed by atoms with Gasteiger partial charge in [-0.25, -0.2) is 9.78 Å². The van der Waals surface area contributed by atoms with Crippen LogP contribution in [-0.4, -0.2) is 22.7 Å². The Balaban J connectivity index is 2.05. The molecule has 1 aliphatic carbocycles. The van der Waals surface area contributed by atoms with Gasteiger partial charge in [-0.2, -0.15) is 0 Å². The Bertz CT molecular complexity index is 422. The average Bonchev–Trinajstić information content (AvgIpc) is 2.91. The van der Waals surface area contributed by atoms with Crippen molar-refractivity contribution in [3.05, 3.63) is 22.8 Å². The van der Waals surface area contributed by atoms with Gasteiger partial charge >= 0.3 is 5.97 Å². The quantitative estimate of drug-likeness (QED) is 0.823. The van der Waals surface area contributed by atoms with E-state index in [0.29, 0.717) is 18.4 Å². The highest BCUT2D eigenvalue weighted by atomic mass is 35.5. The summed E-state index contributed by atoms with van der Waals surface area (Å²) in [6.07, 6.45) is 1.16. The second-order valence-corrected chi connectivity index (χ2v) is 4.49. The summed E-state index contributed by atoms with van der Waals surface area (Å²) in [6.45, 7) is 2.73. The monoisotopic (exact) mass is 241 g/mol. The first-order chi connectivity index (χ1) is 7.56. The third-order valence-electron chi connectivity index (χ3n) is 2.74. The Morgan fingerprint density at radius 2 is 2.38 bits per heavy atom. The lowest BCUT2D eigenvalue weighted by Crippen LogP contribution is -2.04. The first kappa shape index (κ1) is 11.2. The molecule has 5 heteroatoms. The predicted molar refractivity (Wildman–Crippen MR) is 59.0 cm³/mol. The van der Waals surface area contributed by atoms with Gasteiger partial charge in [0, 0.05) is 6.07 Å². The molecule has 1 saturated carbocycles. The molecule has 1 heterocycles. The van der Waals surface area contributed by atoms with E-state index in [1.165, 1.54) is 12.1 Å². The number of pyridine rings is 1. The summed E-state index contributed by atoms with van der Waals surface area (Å²) in [5.74, 6) is 0.505. The van der Waals surface area contributed by atoms with E-state index >= 15 is 0 Å². The number of halogens is 1. The van der Waals surface area contributed by atoms with E-state index in [2.05, 4.69) is 11.9 Å². The van der Waals surface area contributed by atoms with Crippen molar-refractivity contribution in [3.63, 3.8) is 0 Å². The van der Waals surface area contributed by atoms with Crippen LogP contribution < -0.4 is 4.74 Å². The highest BCUT2D eigenvalue weighted by Crippen LogP contribution is 2.37. The molecule has 16 heavy (non-hydrogen) atoms. The van der Waals surface area contributed by atoms with Crippen molar-refractivity contribution in [1.82, 2.24) is 4.98 Å². The SMILES string of the molecule is CC1CC1COc1cc(C(=O)O)cc(Cl)n1. The molecule has 1 N–H and O–H groups in total. The summed E-state index contributed by atoms with van der Waals surface area (Å²) in [4.78, 5) is 14.7. The number of carboxylic acids is 1. The molecular weight excluding hydrogens is 230 g/mol. The fourth-order valence-electron chi connectivity index (χ4n) is 1.49. The third kappa shape index (κ3) is 2.64. The Hall–Kier alpha value is -1.29. The fraction of sp³-hybridized carbons (Fsp3) is 0.455. The second-order valence-electron chi connectivity index (χ2n) is 4.11. The number of nitrogens with zero attached hydrogens (tertiary/aromatic N) is 1. The number of aromatic carboxylic acids is 1. The van der Waals surface area contributed by atoms with Crippen molar-refractivity contribution >= 4 is 17.6 Å². The number of carboxylic acid groups (broad SMARTS) is 1. The molecule has 0 radical (unpaired) electrons. The summed E-state index contributed by atoms with van der Waals surface area (Å²) in [6, 6.07) is 2.69. The van der Waals surface area contributed by atoms with Gasteiger partial charge in [0.15, 0.2) is 0 Å². The minimum absolute atomic E-state index is 0.0962. The summed E-state index contributed by atoms with van der Waals surface area (Å²) < 4.78 is 5.41. The van der Waals surface area contributed by atoms with Crippen LogP contribution in [0, 0.1) is 11.8 Å². The lowest BCUT2D eigenvalue weighted by molar-refractivity contribution is 0.0696. The summed E-state index contributed by atoms with van der Waals surface area (Å²) in [7, 11) is 0. The lowest BCUT2D eigenvalue weighted by Gasteiger charge is -2.05. The van der Waals surface area contributed by atoms with Crippen LogP contribution in [0.2, 0.25) is 5.15 Å². The van der Waals surface area contributed by atoms with Crippen molar-refractivity contribution in [1.29, 1.82) is 0 Å². The Morgan fingerprint density at radius 1 is 1.69 bits per heavy atom. The maximum atomic E-state index is 10.8. The zero-order chi connectivity index (χ0) is 11.7. The van der Waals surface area contributed by atoms with E-state index in [-0.39, 0.29) is 16.6 Å². The Kier molecular flexibility index (Phi) is 3.01. The molecule has 1 aromatic heterocycles. The molecule has 2 atom stereocenters. The first-order valence-corrected chi connectivity index (χ1v) is 5.47. The van der Waals surface area contributed by atoms with Crippen LogP contribution in [0.4, 0.5) is 0 Å². The molecule has 1 aromatic rings. The highest BCUT2D eigenvalue weighted by molar-refractivity contribution is 6.29. The van der Waals surface area contributed by atoms with Crippen LogP contribution in [0.15, 0.2) is 12.1 Å². The first-order valence-electron chi connectivity index (χ1n) is 5.10. The summed E-state index contributed by atoms with van der Waals surface area (Å²) in [5, 5.41) is 8.96. The van der Waals surface area contributed by atoms with E-state index in [9.17, 15) is 4.79 Å². The van der Waals surface area contributed by atoms with Crippen molar-refractivity contribution in [2.75, 3.05) is 6.61 Å². The van der Waals surface area contributed by atoms with Gasteiger partial charge in [-0.1, -0.05) is 18.5 Å². The molecule has 0 aromatic carbocycles. The average molecular weight is 242 g/mol. The number of ether oxygens (including phenoxy) is 1. The van der Waals surface area contributed by atoms with Gasteiger partial charge in [-0.3, -0.25) is 0 Å². The van der Waals surface area contributed by atoms with Crippen LogP contribution in [0.1, 0.15) is 23.7 Å². The molecule has 1 aliphatic rings. The minimum Gasteiger partial charge on any atom is -0.478 e. The van der Waals surface area contributed by atoms with Gasteiger partial charge in [-0.15, -0.1) is 0 Å². The van der Waals surface area contributed by atoms with Crippen LogP contribution in [-0.2, 0) is 0 Å². The topological polar surface area (TPSA) is 59.4 Å². The minimum atomic E-state index is -1.03. The van der Waals surface area contributed by atoms with Crippen molar-refractivity contribution in [3.8, 4) is 5.88 Å². The van der Waals surface area contributed by atoms with Crippen LogP contribution in [0.5, 0.6) is 5.88 Å². The zero-order valence-electron chi connectivity index (χ0n) is 8.81. The molecule has 2 rings (SSSR count). The van der Waals surface area contributed by atoms with Gasteiger partial charge in [-0.05, 0) is 24.3 Å². The van der Waals surface area contributed by atoms with Gasteiger partial charge in [0.25, 0.3) is 0 Å². The molecule has 0 saturated heterocycles. The lowest BCUT2D eigenvalue weighted by atomic mass is 10.3. The third-order valence-corrected chi connectivity index (χ3v) is 2.93. The van der Waals surface area contributed by atoms with E-state index in [1.807, 2.05) is 0 Å². The molecule has 0 spiro atoms. The van der Waals surface area contributed by atoms with E-state index in [4.69, 9.17) is 21.4 Å². The van der Waals surface area contributed by atoms with Gasteiger partial charge in [0.2, 0.25) is 5.88 Å². The van der Waals surface area contributed by atoms with E-state index < -0.39 is 5.97 Å². The van der Waals surface area contributed by atoms with E-state index in [1.54, 1.807) is 0 Å². The number of carbonyl (C=O) groups is 1. The molecule has 2 unspecified atom stereocenters. The molecular formula is C11H12ClNO3. The number of aromatic nitrogens is 1. The molecule has 0 aliphatic heterocycles. The van der Waals surface area contributed by atoms with Crippen LogP contribution >= 0.6 is 11.6 Å². The maximum absolute atomic E-state index is 10.8. The number of hydrogen-bond donors (Lipinski definition) is 1. The summed E-state index contributed by atoms with van der Waals surface area (Å²) >= 11 is 5.70. The fourth-order valence-corrected chi connectivity index (χ4v) is 1.69. The van der Waals surface area contributed by atoms with Gasteiger partial charge in [0.1, 0.15) is 5.15 Å². The predicted octanol–water partition coefficient (Wildman–Crippen LogP) is 2.47. The molecule has 0 amide bonds.